The second kappa shape index (κ2) is 17.1. The van der Waals surface area contributed by atoms with Crippen LogP contribution in [0.15, 0.2) is 6.07 Å². The summed E-state index contributed by atoms with van der Waals surface area (Å²) in [4.78, 5) is 12.4. The number of aromatic nitrogens is 2. The van der Waals surface area contributed by atoms with E-state index in [9.17, 15) is 18.0 Å². The Balaban J connectivity index is 1.44. The van der Waals surface area contributed by atoms with E-state index in [1.807, 2.05) is 0 Å². The monoisotopic (exact) mass is 513 g/mol. The lowest BCUT2D eigenvalue weighted by atomic mass is 10.0. The van der Waals surface area contributed by atoms with Gasteiger partial charge in [0.15, 0.2) is 5.69 Å². The van der Waals surface area contributed by atoms with Gasteiger partial charge in [-0.05, 0) is 25.3 Å². The van der Waals surface area contributed by atoms with E-state index in [0.717, 1.165) is 31.7 Å². The zero-order chi connectivity index (χ0) is 26.2. The van der Waals surface area contributed by atoms with Crippen LogP contribution >= 0.6 is 0 Å². The molecular formula is C29H50F3N3O. The van der Waals surface area contributed by atoms with Crippen molar-refractivity contribution in [1.29, 1.82) is 0 Å². The molecule has 36 heavy (non-hydrogen) atoms. The molecule has 1 unspecified atom stereocenters. The van der Waals surface area contributed by atoms with E-state index < -0.39 is 17.8 Å². The Bertz CT molecular complexity index is 728. The highest BCUT2D eigenvalue weighted by Crippen LogP contribution is 2.42. The summed E-state index contributed by atoms with van der Waals surface area (Å²) in [6, 6.07) is 1.15. The molecule has 0 bridgehead atoms. The minimum absolute atomic E-state index is 0.109. The molecule has 0 spiro atoms. The van der Waals surface area contributed by atoms with Crippen LogP contribution in [0.2, 0.25) is 0 Å². The number of carbonyl (C=O) groups is 1. The lowest BCUT2D eigenvalue weighted by Crippen LogP contribution is -2.32. The number of hydrogen-bond acceptors (Lipinski definition) is 2. The second-order valence-corrected chi connectivity index (χ2v) is 10.9. The average molecular weight is 514 g/mol. The van der Waals surface area contributed by atoms with Crippen molar-refractivity contribution in [2.45, 2.75) is 148 Å². The minimum atomic E-state index is -4.45. The predicted octanol–water partition coefficient (Wildman–Crippen LogP) is 8.79. The number of amides is 1. The van der Waals surface area contributed by atoms with Crippen molar-refractivity contribution in [2.75, 3.05) is 6.54 Å². The largest absolute Gasteiger partial charge is 0.435 e. The van der Waals surface area contributed by atoms with E-state index in [2.05, 4.69) is 17.3 Å². The summed E-state index contributed by atoms with van der Waals surface area (Å²) in [5.74, 6) is -0.375. The standard InChI is InChI=1S/C29H50F3N3O/c1-3-4-5-6-7-8-9-10-11-12-13-14-15-16-17-18-21-33-28(36)24(2)23-35-26(25-19-20-25)22-27(34-35)29(30,31)32/h22,24-25H,3-21,23H2,1-2H3,(H,33,36). The smallest absolute Gasteiger partial charge is 0.356 e. The zero-order valence-corrected chi connectivity index (χ0v) is 22.8. The van der Waals surface area contributed by atoms with E-state index in [1.54, 1.807) is 6.92 Å². The molecule has 1 heterocycles. The number of carbonyl (C=O) groups excluding carboxylic acids is 1. The van der Waals surface area contributed by atoms with E-state index in [1.165, 1.54) is 94.6 Å². The summed E-state index contributed by atoms with van der Waals surface area (Å²) in [6.45, 7) is 4.84. The number of alkyl halides is 3. The fraction of sp³-hybridized carbons (Fsp3) is 0.862. The number of nitrogens with zero attached hydrogens (tertiary/aromatic N) is 2. The number of nitrogens with one attached hydrogen (secondary N) is 1. The van der Waals surface area contributed by atoms with Crippen LogP contribution in [-0.2, 0) is 17.5 Å². The summed E-state index contributed by atoms with van der Waals surface area (Å²) >= 11 is 0. The van der Waals surface area contributed by atoms with Crippen molar-refractivity contribution >= 4 is 5.91 Å². The van der Waals surface area contributed by atoms with Crippen LogP contribution in [0.3, 0.4) is 0 Å². The van der Waals surface area contributed by atoms with Gasteiger partial charge in [-0.15, -0.1) is 0 Å². The maximum absolute atomic E-state index is 13.1. The van der Waals surface area contributed by atoms with Gasteiger partial charge in [0.2, 0.25) is 5.91 Å². The molecule has 1 aliphatic carbocycles. The van der Waals surface area contributed by atoms with Gasteiger partial charge in [0.05, 0.1) is 12.5 Å². The summed E-state index contributed by atoms with van der Waals surface area (Å²) in [6.07, 6.45) is 18.3. The van der Waals surface area contributed by atoms with Crippen molar-refractivity contribution in [3.8, 4) is 0 Å². The van der Waals surface area contributed by atoms with Gasteiger partial charge in [-0.25, -0.2) is 0 Å². The van der Waals surface area contributed by atoms with Gasteiger partial charge in [-0.1, -0.05) is 110 Å². The third-order valence-electron chi connectivity index (χ3n) is 7.32. The highest BCUT2D eigenvalue weighted by molar-refractivity contribution is 5.78. The third kappa shape index (κ3) is 12.6. The Hall–Kier alpha value is -1.53. The number of rotatable bonds is 21. The van der Waals surface area contributed by atoms with Gasteiger partial charge in [0.1, 0.15) is 0 Å². The molecule has 1 fully saturated rings. The molecule has 0 aromatic carbocycles. The van der Waals surface area contributed by atoms with Crippen LogP contribution in [0.4, 0.5) is 13.2 Å². The quantitative estimate of drug-likeness (QED) is 0.167. The highest BCUT2D eigenvalue weighted by atomic mass is 19.4. The first kappa shape index (κ1) is 30.7. The first-order valence-electron chi connectivity index (χ1n) is 14.8. The maximum Gasteiger partial charge on any atom is 0.435 e. The Morgan fingerprint density at radius 3 is 1.83 bits per heavy atom. The van der Waals surface area contributed by atoms with E-state index in [-0.39, 0.29) is 18.4 Å². The lowest BCUT2D eigenvalue weighted by Gasteiger charge is -2.14. The number of hydrogen-bond donors (Lipinski definition) is 1. The molecule has 7 heteroatoms. The van der Waals surface area contributed by atoms with Crippen molar-refractivity contribution in [3.63, 3.8) is 0 Å². The normalized spacial score (nSPS) is 14.8. The topological polar surface area (TPSA) is 46.9 Å². The summed E-state index contributed by atoms with van der Waals surface area (Å²) in [5, 5.41) is 6.71. The molecule has 208 valence electrons. The predicted molar refractivity (Wildman–Crippen MR) is 141 cm³/mol. The van der Waals surface area contributed by atoms with Crippen LogP contribution in [0.5, 0.6) is 0 Å². The Morgan fingerprint density at radius 2 is 1.39 bits per heavy atom. The Labute approximate surface area is 217 Å². The van der Waals surface area contributed by atoms with Gasteiger partial charge in [-0.3, -0.25) is 9.48 Å². The summed E-state index contributed by atoms with van der Waals surface area (Å²) in [7, 11) is 0. The van der Waals surface area contributed by atoms with Crippen LogP contribution in [0, 0.1) is 5.92 Å². The van der Waals surface area contributed by atoms with Crippen LogP contribution in [-0.4, -0.2) is 22.2 Å². The zero-order valence-electron chi connectivity index (χ0n) is 22.8. The molecule has 4 nitrogen and oxygen atoms in total. The number of halogens is 3. The molecule has 2 rings (SSSR count). The van der Waals surface area contributed by atoms with Crippen molar-refractivity contribution in [2.24, 2.45) is 5.92 Å². The molecule has 1 amide bonds. The van der Waals surface area contributed by atoms with Gasteiger partial charge < -0.3 is 5.32 Å². The highest BCUT2D eigenvalue weighted by Gasteiger charge is 2.38. The lowest BCUT2D eigenvalue weighted by molar-refractivity contribution is -0.141. The van der Waals surface area contributed by atoms with Gasteiger partial charge in [-0.2, -0.15) is 18.3 Å². The maximum atomic E-state index is 13.1. The number of unbranched alkanes of at least 4 members (excludes halogenated alkanes) is 15. The summed E-state index contributed by atoms with van der Waals surface area (Å²) < 4.78 is 40.6. The van der Waals surface area contributed by atoms with Crippen molar-refractivity contribution < 1.29 is 18.0 Å². The summed E-state index contributed by atoms with van der Waals surface area (Å²) in [5.41, 5.74) is -0.245. The molecule has 1 aromatic rings. The Kier molecular flexibility index (Phi) is 14.6. The SMILES string of the molecule is CCCCCCCCCCCCCCCCCCNC(=O)C(C)Cn1nc(C(F)(F)F)cc1C1CC1. The molecule has 1 saturated carbocycles. The first-order valence-corrected chi connectivity index (χ1v) is 14.8. The van der Waals surface area contributed by atoms with Crippen LogP contribution < -0.4 is 5.32 Å². The minimum Gasteiger partial charge on any atom is -0.356 e. The third-order valence-corrected chi connectivity index (χ3v) is 7.32. The van der Waals surface area contributed by atoms with Gasteiger partial charge in [0.25, 0.3) is 0 Å². The van der Waals surface area contributed by atoms with Crippen LogP contribution in [0.1, 0.15) is 147 Å². The molecule has 0 radical (unpaired) electrons. The first-order chi connectivity index (χ1) is 17.3. The Morgan fingerprint density at radius 1 is 0.917 bits per heavy atom. The van der Waals surface area contributed by atoms with Gasteiger partial charge >= 0.3 is 6.18 Å². The van der Waals surface area contributed by atoms with E-state index in [0.29, 0.717) is 12.2 Å². The fourth-order valence-corrected chi connectivity index (χ4v) is 4.82. The average Bonchev–Trinajstić information content (AvgIpc) is 3.59. The fourth-order valence-electron chi connectivity index (χ4n) is 4.82. The molecule has 1 aliphatic rings. The molecule has 1 aromatic heterocycles. The van der Waals surface area contributed by atoms with E-state index in [4.69, 9.17) is 0 Å². The molecule has 0 aliphatic heterocycles. The second-order valence-electron chi connectivity index (χ2n) is 10.9. The molecular weight excluding hydrogens is 463 g/mol. The molecule has 0 saturated heterocycles. The van der Waals surface area contributed by atoms with Crippen molar-refractivity contribution in [1.82, 2.24) is 15.1 Å². The van der Waals surface area contributed by atoms with E-state index >= 15 is 0 Å². The van der Waals surface area contributed by atoms with Gasteiger partial charge in [0, 0.05) is 18.2 Å². The molecule has 1 atom stereocenters. The van der Waals surface area contributed by atoms with Crippen LogP contribution in [0.25, 0.3) is 0 Å². The molecule has 1 N–H and O–H groups in total. The van der Waals surface area contributed by atoms with Crippen molar-refractivity contribution in [3.05, 3.63) is 17.5 Å².